The summed E-state index contributed by atoms with van der Waals surface area (Å²) < 4.78 is 19.7. The Bertz CT molecular complexity index is 580. The van der Waals surface area contributed by atoms with Gasteiger partial charge in [0.05, 0.1) is 28.3 Å². The van der Waals surface area contributed by atoms with Gasteiger partial charge in [-0.05, 0) is 24.6 Å². The lowest BCUT2D eigenvalue weighted by Crippen LogP contribution is -2.04. The van der Waals surface area contributed by atoms with E-state index in [1.807, 2.05) is 0 Å². The van der Waals surface area contributed by atoms with E-state index in [1.165, 1.54) is 12.1 Å². The average molecular weight is 312 g/mol. The topological polar surface area (TPSA) is 31.2 Å². The van der Waals surface area contributed by atoms with Crippen molar-refractivity contribution in [1.82, 2.24) is 3.59 Å². The Kier molecular flexibility index (Phi) is 3.81. The maximum atomic E-state index is 13.2. The summed E-state index contributed by atoms with van der Waals surface area (Å²) in [6.07, 6.45) is 3.29. The van der Waals surface area contributed by atoms with E-state index in [9.17, 15) is 9.18 Å². The molecule has 0 bridgehead atoms. The van der Waals surface area contributed by atoms with Crippen LogP contribution < -0.4 is 0 Å². The lowest BCUT2D eigenvalue weighted by Gasteiger charge is -2.03. The van der Waals surface area contributed by atoms with Gasteiger partial charge in [0, 0.05) is 18.0 Å². The molecule has 0 saturated heterocycles. The Balaban J connectivity index is 2.47. The van der Waals surface area contributed by atoms with E-state index in [4.69, 9.17) is 4.74 Å². The lowest BCUT2D eigenvalue weighted by molar-refractivity contribution is 0.0527. The molecule has 1 aromatic carbocycles. The van der Waals surface area contributed by atoms with Crippen LogP contribution in [0.5, 0.6) is 0 Å². The predicted octanol–water partition coefficient (Wildman–Crippen LogP) is 3.63. The molecule has 0 spiro atoms. The highest BCUT2D eigenvalue weighted by Crippen LogP contribution is 2.27. The van der Waals surface area contributed by atoms with Crippen LogP contribution in [-0.2, 0) is 4.74 Å². The van der Waals surface area contributed by atoms with Gasteiger partial charge in [-0.15, -0.1) is 0 Å². The third-order valence-corrected chi connectivity index (χ3v) is 2.84. The SMILES string of the molecule is CCOC(=O)c1cn(Br)cc1-c1cccc(F)c1. The second kappa shape index (κ2) is 5.35. The number of ether oxygens (including phenoxy) is 1. The maximum absolute atomic E-state index is 13.2. The molecule has 0 aliphatic carbocycles. The van der Waals surface area contributed by atoms with E-state index >= 15 is 0 Å². The summed E-state index contributed by atoms with van der Waals surface area (Å²) in [5.74, 6) is -0.764. The Morgan fingerprint density at radius 2 is 2.22 bits per heavy atom. The van der Waals surface area contributed by atoms with Crippen molar-refractivity contribution in [2.24, 2.45) is 0 Å². The van der Waals surface area contributed by atoms with Crippen molar-refractivity contribution in [3.05, 3.63) is 48.0 Å². The third-order valence-electron chi connectivity index (χ3n) is 2.43. The van der Waals surface area contributed by atoms with Crippen LogP contribution in [0.4, 0.5) is 4.39 Å². The average Bonchev–Trinajstić information content (AvgIpc) is 2.72. The van der Waals surface area contributed by atoms with Crippen molar-refractivity contribution in [2.45, 2.75) is 6.92 Å². The maximum Gasteiger partial charge on any atom is 0.340 e. The summed E-state index contributed by atoms with van der Waals surface area (Å²) in [6, 6.07) is 6.09. The highest BCUT2D eigenvalue weighted by atomic mass is 79.9. The predicted molar refractivity (Wildman–Crippen MR) is 70.1 cm³/mol. The molecule has 0 radical (unpaired) electrons. The summed E-state index contributed by atoms with van der Waals surface area (Å²) in [7, 11) is 0. The van der Waals surface area contributed by atoms with Gasteiger partial charge in [-0.25, -0.2) is 9.18 Å². The number of aromatic nitrogens is 1. The van der Waals surface area contributed by atoms with Crippen LogP contribution in [0.3, 0.4) is 0 Å². The molecular formula is C13H11BrFNO2. The van der Waals surface area contributed by atoms with Gasteiger partial charge >= 0.3 is 5.97 Å². The van der Waals surface area contributed by atoms with Gasteiger partial charge in [0.25, 0.3) is 0 Å². The molecule has 0 amide bonds. The van der Waals surface area contributed by atoms with Crippen LogP contribution in [0.2, 0.25) is 0 Å². The first-order valence-electron chi connectivity index (χ1n) is 5.43. The summed E-state index contributed by atoms with van der Waals surface area (Å²) in [5.41, 5.74) is 1.67. The molecule has 3 nitrogen and oxygen atoms in total. The smallest absolute Gasteiger partial charge is 0.340 e. The van der Waals surface area contributed by atoms with Crippen LogP contribution in [-0.4, -0.2) is 16.2 Å². The minimum atomic E-state index is -0.421. The third kappa shape index (κ3) is 2.61. The molecule has 2 aromatic rings. The largest absolute Gasteiger partial charge is 0.462 e. The first-order chi connectivity index (χ1) is 8.61. The first-order valence-corrected chi connectivity index (χ1v) is 6.14. The van der Waals surface area contributed by atoms with Crippen LogP contribution in [0.15, 0.2) is 36.7 Å². The molecule has 0 saturated carbocycles. The fourth-order valence-electron chi connectivity index (χ4n) is 1.68. The fraction of sp³-hybridized carbons (Fsp3) is 0.154. The van der Waals surface area contributed by atoms with Gasteiger partial charge in [-0.3, -0.25) is 3.59 Å². The van der Waals surface area contributed by atoms with Crippen LogP contribution >= 0.6 is 16.1 Å². The molecule has 0 atom stereocenters. The monoisotopic (exact) mass is 311 g/mol. The Hall–Kier alpha value is -1.62. The molecule has 0 fully saturated rings. The van der Waals surface area contributed by atoms with E-state index in [0.29, 0.717) is 23.3 Å². The zero-order chi connectivity index (χ0) is 13.1. The van der Waals surface area contributed by atoms with Crippen molar-refractivity contribution in [3.63, 3.8) is 0 Å². The quantitative estimate of drug-likeness (QED) is 0.811. The molecule has 94 valence electrons. The number of benzene rings is 1. The van der Waals surface area contributed by atoms with Gasteiger partial charge in [-0.1, -0.05) is 12.1 Å². The molecule has 0 N–H and O–H groups in total. The number of hydrogen-bond acceptors (Lipinski definition) is 2. The number of halogens is 2. The second-order valence-electron chi connectivity index (χ2n) is 3.66. The van der Waals surface area contributed by atoms with Gasteiger partial charge in [0.2, 0.25) is 0 Å². The Labute approximate surface area is 113 Å². The summed E-state index contributed by atoms with van der Waals surface area (Å²) in [5, 5.41) is 0. The minimum absolute atomic E-state index is 0.300. The van der Waals surface area contributed by atoms with Crippen LogP contribution in [0.1, 0.15) is 17.3 Å². The summed E-state index contributed by atoms with van der Waals surface area (Å²) >= 11 is 3.23. The first kappa shape index (κ1) is 12.8. The summed E-state index contributed by atoms with van der Waals surface area (Å²) in [4.78, 5) is 11.8. The molecule has 18 heavy (non-hydrogen) atoms. The van der Waals surface area contributed by atoms with Crippen molar-refractivity contribution >= 4 is 22.1 Å². The van der Waals surface area contributed by atoms with E-state index in [-0.39, 0.29) is 5.82 Å². The number of carbonyl (C=O) groups is 1. The zero-order valence-electron chi connectivity index (χ0n) is 9.69. The molecule has 0 aliphatic rings. The number of hydrogen-bond donors (Lipinski definition) is 0. The van der Waals surface area contributed by atoms with Gasteiger partial charge in [0.1, 0.15) is 5.82 Å². The highest BCUT2D eigenvalue weighted by molar-refractivity contribution is 9.08. The zero-order valence-corrected chi connectivity index (χ0v) is 11.3. The van der Waals surface area contributed by atoms with Gasteiger partial charge in [0.15, 0.2) is 0 Å². The molecule has 0 aliphatic heterocycles. The van der Waals surface area contributed by atoms with E-state index in [1.54, 1.807) is 35.0 Å². The summed E-state index contributed by atoms with van der Waals surface area (Å²) in [6.45, 7) is 2.04. The van der Waals surface area contributed by atoms with Crippen LogP contribution in [0.25, 0.3) is 11.1 Å². The van der Waals surface area contributed by atoms with Crippen molar-refractivity contribution in [1.29, 1.82) is 0 Å². The van der Waals surface area contributed by atoms with E-state index in [2.05, 4.69) is 16.1 Å². The fourth-order valence-corrected chi connectivity index (χ4v) is 2.09. The lowest BCUT2D eigenvalue weighted by atomic mass is 10.0. The van der Waals surface area contributed by atoms with Gasteiger partial charge < -0.3 is 4.74 Å². The minimum Gasteiger partial charge on any atom is -0.462 e. The Morgan fingerprint density at radius 1 is 1.44 bits per heavy atom. The van der Waals surface area contributed by atoms with Crippen molar-refractivity contribution in [2.75, 3.05) is 6.61 Å². The molecule has 1 heterocycles. The standard InChI is InChI=1S/C13H11BrFNO2/c1-2-18-13(17)12-8-16(14)7-11(12)9-4-3-5-10(15)6-9/h3-8H,2H2,1H3. The normalized spacial score (nSPS) is 10.4. The number of esters is 1. The molecule has 2 rings (SSSR count). The van der Waals surface area contributed by atoms with E-state index < -0.39 is 5.97 Å². The highest BCUT2D eigenvalue weighted by Gasteiger charge is 2.16. The number of rotatable bonds is 3. The molecule has 0 unspecified atom stereocenters. The van der Waals surface area contributed by atoms with Crippen LogP contribution in [0, 0.1) is 5.82 Å². The van der Waals surface area contributed by atoms with Crippen molar-refractivity contribution < 1.29 is 13.9 Å². The number of nitrogens with zero attached hydrogens (tertiary/aromatic N) is 1. The Morgan fingerprint density at radius 3 is 2.89 bits per heavy atom. The molecule has 1 aromatic heterocycles. The molecule has 5 heteroatoms. The molecular weight excluding hydrogens is 301 g/mol. The second-order valence-corrected chi connectivity index (χ2v) is 4.48. The van der Waals surface area contributed by atoms with Crippen molar-refractivity contribution in [3.8, 4) is 11.1 Å². The van der Waals surface area contributed by atoms with E-state index in [0.717, 1.165) is 0 Å². The number of carbonyl (C=O) groups excluding carboxylic acids is 1. The van der Waals surface area contributed by atoms with Gasteiger partial charge in [-0.2, -0.15) is 0 Å².